The molecule has 1 atom stereocenters. The molecule has 138 valence electrons. The Morgan fingerprint density at radius 1 is 1.00 bits per heavy atom. The molecule has 9 heteroatoms. The van der Waals surface area contributed by atoms with E-state index >= 15 is 0 Å². The van der Waals surface area contributed by atoms with E-state index in [1.54, 1.807) is 0 Å². The van der Waals surface area contributed by atoms with Crippen molar-refractivity contribution >= 4 is 17.6 Å². The molecular formula is C17H12F5NO3. The Morgan fingerprint density at radius 2 is 1.54 bits per heavy atom. The maximum absolute atomic E-state index is 13.5. The summed E-state index contributed by atoms with van der Waals surface area (Å²) in [7, 11) is 0. The lowest BCUT2D eigenvalue weighted by molar-refractivity contribution is -0.137. The standard InChI is InChI=1S/C17H12F5NO3/c1-9(26-16(25)14-12(18)3-2-4-13(14)19)15(24)23-11-7-5-10(6-8-11)17(20,21)22/h2-9H,1H3,(H,23,24)/t9-/m1/s1. The fourth-order valence-electron chi connectivity index (χ4n) is 1.95. The topological polar surface area (TPSA) is 55.4 Å². The molecule has 1 amide bonds. The van der Waals surface area contributed by atoms with Crippen LogP contribution in [0, 0.1) is 11.6 Å². The Balaban J connectivity index is 2.02. The Hall–Kier alpha value is -2.97. The Morgan fingerprint density at radius 3 is 2.04 bits per heavy atom. The fourth-order valence-corrected chi connectivity index (χ4v) is 1.95. The molecule has 2 aromatic carbocycles. The highest BCUT2D eigenvalue weighted by atomic mass is 19.4. The molecule has 0 saturated carbocycles. The number of benzene rings is 2. The summed E-state index contributed by atoms with van der Waals surface area (Å²) in [4.78, 5) is 23.7. The quantitative estimate of drug-likeness (QED) is 0.647. The average molecular weight is 373 g/mol. The first kappa shape index (κ1) is 19.4. The minimum atomic E-state index is -4.52. The van der Waals surface area contributed by atoms with Gasteiger partial charge in [-0.15, -0.1) is 0 Å². The number of ether oxygens (including phenoxy) is 1. The molecule has 0 fully saturated rings. The van der Waals surface area contributed by atoms with Crippen LogP contribution in [0.3, 0.4) is 0 Å². The van der Waals surface area contributed by atoms with Crippen LogP contribution in [-0.2, 0) is 15.7 Å². The molecule has 0 bridgehead atoms. The molecule has 0 saturated heterocycles. The number of carbonyl (C=O) groups is 2. The zero-order chi connectivity index (χ0) is 19.5. The van der Waals surface area contributed by atoms with E-state index in [9.17, 15) is 31.5 Å². The van der Waals surface area contributed by atoms with Gasteiger partial charge in [0.25, 0.3) is 5.91 Å². The lowest BCUT2D eigenvalue weighted by atomic mass is 10.2. The van der Waals surface area contributed by atoms with Gasteiger partial charge in [-0.1, -0.05) is 6.07 Å². The summed E-state index contributed by atoms with van der Waals surface area (Å²) < 4.78 is 69.1. The molecule has 0 aromatic heterocycles. The SMILES string of the molecule is C[C@@H](OC(=O)c1c(F)cccc1F)C(=O)Nc1ccc(C(F)(F)F)cc1. The number of alkyl halides is 3. The highest BCUT2D eigenvalue weighted by Crippen LogP contribution is 2.29. The van der Waals surface area contributed by atoms with Crippen molar-refractivity contribution < 1.29 is 36.3 Å². The minimum absolute atomic E-state index is 0.0305. The van der Waals surface area contributed by atoms with Gasteiger partial charge >= 0.3 is 12.1 Å². The van der Waals surface area contributed by atoms with E-state index in [0.717, 1.165) is 49.4 Å². The van der Waals surface area contributed by atoms with Gasteiger partial charge in [0, 0.05) is 5.69 Å². The zero-order valence-corrected chi connectivity index (χ0v) is 13.2. The number of nitrogens with one attached hydrogen (secondary N) is 1. The van der Waals surface area contributed by atoms with E-state index in [-0.39, 0.29) is 5.69 Å². The summed E-state index contributed by atoms with van der Waals surface area (Å²) >= 11 is 0. The van der Waals surface area contributed by atoms with Crippen molar-refractivity contribution in [3.63, 3.8) is 0 Å². The number of rotatable bonds is 4. The van der Waals surface area contributed by atoms with Gasteiger partial charge in [-0.25, -0.2) is 13.6 Å². The molecule has 0 aliphatic carbocycles. The monoisotopic (exact) mass is 373 g/mol. The number of halogens is 5. The molecule has 0 aliphatic rings. The van der Waals surface area contributed by atoms with E-state index in [4.69, 9.17) is 4.74 Å². The number of amides is 1. The second-order valence-corrected chi connectivity index (χ2v) is 5.21. The van der Waals surface area contributed by atoms with Crippen LogP contribution in [-0.4, -0.2) is 18.0 Å². The summed E-state index contributed by atoms with van der Waals surface area (Å²) in [5.41, 5.74) is -1.81. The molecule has 4 nitrogen and oxygen atoms in total. The maximum Gasteiger partial charge on any atom is 0.416 e. The molecule has 0 radical (unpaired) electrons. The lowest BCUT2D eigenvalue weighted by Gasteiger charge is -2.14. The first-order chi connectivity index (χ1) is 12.1. The van der Waals surface area contributed by atoms with Gasteiger partial charge in [-0.2, -0.15) is 13.2 Å². The van der Waals surface area contributed by atoms with Crippen LogP contribution in [0.5, 0.6) is 0 Å². The zero-order valence-electron chi connectivity index (χ0n) is 13.2. The molecule has 2 rings (SSSR count). The van der Waals surface area contributed by atoms with Gasteiger partial charge in [0.2, 0.25) is 0 Å². The number of hydrogen-bond acceptors (Lipinski definition) is 3. The molecule has 0 spiro atoms. The van der Waals surface area contributed by atoms with Crippen molar-refractivity contribution in [2.24, 2.45) is 0 Å². The summed E-state index contributed by atoms with van der Waals surface area (Å²) in [5, 5.41) is 2.24. The van der Waals surface area contributed by atoms with E-state index in [1.165, 1.54) is 0 Å². The van der Waals surface area contributed by atoms with Gasteiger partial charge in [0.1, 0.15) is 17.2 Å². The maximum atomic E-state index is 13.5. The van der Waals surface area contributed by atoms with Gasteiger partial charge in [0.15, 0.2) is 6.10 Å². The predicted octanol–water partition coefficient (Wildman–Crippen LogP) is 4.17. The van der Waals surface area contributed by atoms with Crippen molar-refractivity contribution in [1.82, 2.24) is 0 Å². The smallest absolute Gasteiger partial charge is 0.416 e. The van der Waals surface area contributed by atoms with Crippen LogP contribution < -0.4 is 5.32 Å². The normalized spacial score (nSPS) is 12.4. The first-order valence-corrected chi connectivity index (χ1v) is 7.22. The summed E-state index contributed by atoms with van der Waals surface area (Å²) in [6.07, 6.45) is -5.96. The van der Waals surface area contributed by atoms with Crippen molar-refractivity contribution in [2.75, 3.05) is 5.32 Å². The van der Waals surface area contributed by atoms with E-state index in [2.05, 4.69) is 5.32 Å². The predicted molar refractivity (Wildman–Crippen MR) is 81.3 cm³/mol. The second kappa shape index (κ2) is 7.51. The van der Waals surface area contributed by atoms with Gasteiger partial charge < -0.3 is 10.1 Å². The van der Waals surface area contributed by atoms with Crippen LogP contribution in [0.2, 0.25) is 0 Å². The highest BCUT2D eigenvalue weighted by Gasteiger charge is 2.30. The Bertz CT molecular complexity index is 798. The van der Waals surface area contributed by atoms with Gasteiger partial charge in [0.05, 0.1) is 5.56 Å². The molecular weight excluding hydrogens is 361 g/mol. The molecule has 0 aliphatic heterocycles. The van der Waals surface area contributed by atoms with Crippen LogP contribution in [0.1, 0.15) is 22.8 Å². The van der Waals surface area contributed by atoms with Crippen LogP contribution >= 0.6 is 0 Å². The van der Waals surface area contributed by atoms with Crippen LogP contribution in [0.15, 0.2) is 42.5 Å². The van der Waals surface area contributed by atoms with Crippen molar-refractivity contribution in [1.29, 1.82) is 0 Å². The van der Waals surface area contributed by atoms with Gasteiger partial charge in [-0.3, -0.25) is 4.79 Å². The van der Waals surface area contributed by atoms with E-state index in [0.29, 0.717) is 0 Å². The third kappa shape index (κ3) is 4.56. The molecule has 1 N–H and O–H groups in total. The highest BCUT2D eigenvalue weighted by molar-refractivity contribution is 5.97. The third-order valence-corrected chi connectivity index (χ3v) is 3.30. The van der Waals surface area contributed by atoms with Crippen LogP contribution in [0.25, 0.3) is 0 Å². The van der Waals surface area contributed by atoms with Crippen molar-refractivity contribution in [2.45, 2.75) is 19.2 Å². The van der Waals surface area contributed by atoms with E-state index < -0.39 is 46.9 Å². The number of hydrogen-bond donors (Lipinski definition) is 1. The van der Waals surface area contributed by atoms with Gasteiger partial charge in [-0.05, 0) is 43.3 Å². The minimum Gasteiger partial charge on any atom is -0.449 e. The summed E-state index contributed by atoms with van der Waals surface area (Å²) in [6.45, 7) is 1.15. The number of anilines is 1. The summed E-state index contributed by atoms with van der Waals surface area (Å²) in [5.74, 6) is -4.55. The molecule has 2 aromatic rings. The summed E-state index contributed by atoms with van der Waals surface area (Å²) in [6, 6.07) is 6.33. The number of carbonyl (C=O) groups excluding carboxylic acids is 2. The third-order valence-electron chi connectivity index (χ3n) is 3.30. The Labute approximate surface area is 144 Å². The first-order valence-electron chi connectivity index (χ1n) is 7.22. The molecule has 0 unspecified atom stereocenters. The molecule has 26 heavy (non-hydrogen) atoms. The van der Waals surface area contributed by atoms with Crippen molar-refractivity contribution in [3.8, 4) is 0 Å². The largest absolute Gasteiger partial charge is 0.449 e. The van der Waals surface area contributed by atoms with Crippen LogP contribution in [0.4, 0.5) is 27.6 Å². The fraction of sp³-hybridized carbons (Fsp3) is 0.176. The average Bonchev–Trinajstić information content (AvgIpc) is 2.54. The molecule has 0 heterocycles. The Kier molecular flexibility index (Phi) is 5.59. The number of esters is 1. The second-order valence-electron chi connectivity index (χ2n) is 5.21. The van der Waals surface area contributed by atoms with Crippen molar-refractivity contribution in [3.05, 3.63) is 65.2 Å². The lowest BCUT2D eigenvalue weighted by Crippen LogP contribution is -2.30. The van der Waals surface area contributed by atoms with E-state index in [1.807, 2.05) is 0 Å².